The van der Waals surface area contributed by atoms with E-state index in [1.807, 2.05) is 0 Å². The predicted octanol–water partition coefficient (Wildman–Crippen LogP) is 3.51. The normalized spacial score (nSPS) is 8.62. The lowest BCUT2D eigenvalue weighted by molar-refractivity contribution is -0.00100. The predicted molar refractivity (Wildman–Crippen MR) is 223 cm³/mol. The fourth-order valence-corrected chi connectivity index (χ4v) is 4.50. The Hall–Kier alpha value is -4.26. The molecule has 0 saturated heterocycles. The second kappa shape index (κ2) is 48.2. The van der Waals surface area contributed by atoms with Crippen molar-refractivity contribution in [3.63, 3.8) is 0 Å². The molecular weight excluding hydrogens is 892 g/mol. The maximum Gasteiger partial charge on any atom is 0.762 e. The Bertz CT molecular complexity index is 1310. The summed E-state index contributed by atoms with van der Waals surface area (Å²) in [5, 5.41) is 0. The van der Waals surface area contributed by atoms with Crippen molar-refractivity contribution in [2.75, 3.05) is 0 Å². The molecule has 0 amide bonds. The van der Waals surface area contributed by atoms with Gasteiger partial charge in [-0.3, -0.25) is 51.8 Å². The average molecular weight is 952 g/mol. The zero-order valence-electron chi connectivity index (χ0n) is 38.3. The lowest BCUT2D eigenvalue weighted by atomic mass is 10.2. The van der Waals surface area contributed by atoms with Crippen LogP contribution < -0.4 is 18.8 Å². The number of aryl methyl sites for hydroxylation is 12. The van der Waals surface area contributed by atoms with Gasteiger partial charge in [0.25, 0.3) is 0 Å². The molecule has 4 aromatic rings. The van der Waals surface area contributed by atoms with Gasteiger partial charge in [-0.1, -0.05) is 55.4 Å². The van der Waals surface area contributed by atoms with Crippen molar-refractivity contribution in [3.8, 4) is 0 Å². The van der Waals surface area contributed by atoms with Crippen LogP contribution in [0.1, 0.15) is 124 Å². The van der Waals surface area contributed by atoms with Crippen molar-refractivity contribution in [1.82, 2.24) is 0 Å². The Kier molecular flexibility index (Phi) is 58.0. The summed E-state index contributed by atoms with van der Waals surface area (Å²) < 4.78 is 138. The number of hydrogen-bond donors (Lipinski definition) is 0. The van der Waals surface area contributed by atoms with E-state index in [0.717, 1.165) is 97.4 Å². The molecule has 4 aromatic heterocycles. The van der Waals surface area contributed by atoms with E-state index in [2.05, 4.69) is 132 Å². The van der Waals surface area contributed by atoms with Crippen LogP contribution >= 0.6 is 0 Å². The van der Waals surface area contributed by atoms with E-state index < -0.39 is 30.2 Å². The summed E-state index contributed by atoms with van der Waals surface area (Å²) in [4.78, 5) is 0. The van der Waals surface area contributed by atoms with Crippen molar-refractivity contribution in [2.24, 2.45) is 0 Å². The summed E-state index contributed by atoms with van der Waals surface area (Å²) in [6, 6.07) is 16.8. The van der Waals surface area contributed by atoms with Gasteiger partial charge in [0.2, 0.25) is 0 Å². The van der Waals surface area contributed by atoms with Crippen LogP contribution in [-0.2, 0) is 51.4 Å². The third kappa shape index (κ3) is 52.1. The zero-order chi connectivity index (χ0) is 47.4. The highest BCUT2D eigenvalue weighted by Gasteiger charge is 2.13. The maximum atomic E-state index is 9.67. The lowest BCUT2D eigenvalue weighted by Crippen LogP contribution is -3.00. The van der Waals surface area contributed by atoms with Gasteiger partial charge in [0.15, 0.2) is 0 Å². The van der Waals surface area contributed by atoms with Gasteiger partial charge in [-0.15, -0.1) is 0 Å². The Balaban J connectivity index is -0.0000000962. The molecule has 0 aliphatic rings. The van der Waals surface area contributed by atoms with E-state index in [4.69, 9.17) is 17.7 Å². The summed E-state index contributed by atoms with van der Waals surface area (Å²) in [7, 11) is -14.7. The third-order valence-corrected chi connectivity index (χ3v) is 6.95. The fraction of sp³-hybridized carbons (Fsp3) is 0.500. The molecule has 64 heavy (non-hydrogen) atoms. The Morgan fingerprint density at radius 3 is 0.406 bits per heavy atom. The first kappa shape index (κ1) is 77.0. The maximum absolute atomic E-state index is 9.67. The van der Waals surface area contributed by atoms with Crippen molar-refractivity contribution < 1.29 is 88.3 Å². The first-order chi connectivity index (χ1) is 28.0. The summed E-state index contributed by atoms with van der Waals surface area (Å²) in [5.74, 6) is 8.68. The first-order valence-electron chi connectivity index (χ1n) is 19.4. The number of halogens is 16. The molecule has 4 nitrogen and oxygen atoms in total. The van der Waals surface area contributed by atoms with Gasteiger partial charge in [0.1, 0.15) is 0 Å². The topological polar surface area (TPSA) is 45.2 Å². The van der Waals surface area contributed by atoms with Crippen molar-refractivity contribution in [3.05, 3.63) is 117 Å². The molecule has 0 spiro atoms. The van der Waals surface area contributed by atoms with Crippen LogP contribution in [0.4, 0.5) is 51.8 Å². The molecule has 4 heterocycles. The van der Waals surface area contributed by atoms with Crippen molar-refractivity contribution >= 4 is 30.2 Å². The molecule has 0 aromatic carbocycles. The molecular formula is C40H60B4F16O4. The van der Waals surface area contributed by atoms with Gasteiger partial charge < -0.3 is 18.8 Å². The smallest absolute Gasteiger partial charge is 0.762 e. The Morgan fingerprint density at radius 1 is 0.266 bits per heavy atom. The summed E-state index contributed by atoms with van der Waals surface area (Å²) in [6.07, 6.45) is 7.85. The van der Waals surface area contributed by atoms with Gasteiger partial charge in [-0.2, -0.15) is 0 Å². The molecule has 0 unspecified atom stereocenters. The molecule has 0 bridgehead atoms. The third-order valence-electron chi connectivity index (χ3n) is 6.95. The molecule has 368 valence electrons. The minimum Gasteiger partial charge on any atom is -1.00 e. The van der Waals surface area contributed by atoms with Gasteiger partial charge in [0, 0.05) is 48.5 Å². The first-order valence-corrected chi connectivity index (χ1v) is 19.4. The molecule has 0 N–H and O–H groups in total. The highest BCUT2D eigenvalue weighted by molar-refractivity contribution is 6.34. The van der Waals surface area contributed by atoms with Crippen LogP contribution in [0.2, 0.25) is 0 Å². The summed E-state index contributed by atoms with van der Waals surface area (Å²) in [6.45, 7) is 25.3. The van der Waals surface area contributed by atoms with Crippen LogP contribution in [-0.4, -0.2) is 30.2 Å². The zero-order valence-corrected chi connectivity index (χ0v) is 38.3. The summed E-state index contributed by atoms with van der Waals surface area (Å²) >= 11 is 0. The van der Waals surface area contributed by atoms with E-state index in [9.17, 15) is 51.8 Å². The SMILES string of the molecule is CCc1cc(C)cc(CC)[o+]1.CCc1cc(C)cc(CC)[o+]1.CCc1cc(C)cc(CC)[o+]1.CCc1cc(C)cc(CC)[o+]1.FB(F)F.FB(F)F.FB(F)F.FB(F)F.[F-].[F-].[F-].[F-]. The second-order valence-corrected chi connectivity index (χ2v) is 12.1. The van der Waals surface area contributed by atoms with Crippen LogP contribution in [0.5, 0.6) is 0 Å². The largest absolute Gasteiger partial charge is 1.00 e. The molecule has 0 fully saturated rings. The molecule has 0 saturated carbocycles. The van der Waals surface area contributed by atoms with E-state index in [1.165, 1.54) is 22.3 Å². The minimum atomic E-state index is -3.67. The Labute approximate surface area is 369 Å². The summed E-state index contributed by atoms with van der Waals surface area (Å²) in [5.41, 5.74) is 5.18. The molecule has 0 atom stereocenters. The molecule has 0 radical (unpaired) electrons. The minimum absolute atomic E-state index is 0. The van der Waals surface area contributed by atoms with Crippen LogP contribution in [0.25, 0.3) is 0 Å². The van der Waals surface area contributed by atoms with Crippen LogP contribution in [0, 0.1) is 27.7 Å². The van der Waals surface area contributed by atoms with Crippen LogP contribution in [0.15, 0.2) is 66.2 Å². The van der Waals surface area contributed by atoms with Gasteiger partial charge in [0.05, 0.1) is 51.4 Å². The Morgan fingerprint density at radius 2 is 0.344 bits per heavy atom. The lowest BCUT2D eigenvalue weighted by Gasteiger charge is -1.89. The molecule has 0 aliphatic heterocycles. The van der Waals surface area contributed by atoms with E-state index in [1.54, 1.807) is 0 Å². The van der Waals surface area contributed by atoms with E-state index in [-0.39, 0.29) is 18.8 Å². The number of hydrogen-bond acceptors (Lipinski definition) is 0. The second-order valence-electron chi connectivity index (χ2n) is 12.1. The standard InChI is InChI=1S/4C10H15O.4BF3.4FH/c4*1-4-9-6-8(3)7-10(5-2)11-9;4*2-1(3)4;;;;/h4*6-7H,4-5H2,1-3H3;;;;;4*1H/q4*+1;;;;;;;;/p-4. The van der Waals surface area contributed by atoms with E-state index >= 15 is 0 Å². The van der Waals surface area contributed by atoms with E-state index in [0.29, 0.717) is 0 Å². The van der Waals surface area contributed by atoms with Gasteiger partial charge in [-0.25, -0.2) is 17.7 Å². The molecule has 24 heteroatoms. The van der Waals surface area contributed by atoms with Crippen LogP contribution in [0.3, 0.4) is 0 Å². The molecule has 0 aliphatic carbocycles. The highest BCUT2D eigenvalue weighted by Crippen LogP contribution is 2.13. The molecule has 4 rings (SSSR count). The van der Waals surface area contributed by atoms with Gasteiger partial charge >= 0.3 is 76.3 Å². The average Bonchev–Trinajstić information content (AvgIpc) is 3.16. The number of rotatable bonds is 8. The van der Waals surface area contributed by atoms with Crippen molar-refractivity contribution in [1.29, 1.82) is 0 Å². The van der Waals surface area contributed by atoms with Crippen molar-refractivity contribution in [2.45, 2.75) is 134 Å². The van der Waals surface area contributed by atoms with Gasteiger partial charge in [-0.05, 0) is 49.9 Å². The fourth-order valence-electron chi connectivity index (χ4n) is 4.50. The highest BCUT2D eigenvalue weighted by atomic mass is 19.4. The monoisotopic (exact) mass is 952 g/mol. The quantitative estimate of drug-likeness (QED) is 0.154.